The molecule has 0 heterocycles. The zero-order valence-corrected chi connectivity index (χ0v) is 9.49. The molecule has 0 radical (unpaired) electrons. The van der Waals surface area contributed by atoms with Gasteiger partial charge in [0.2, 0.25) is 5.91 Å². The fourth-order valence-electron chi connectivity index (χ4n) is 1.54. The van der Waals surface area contributed by atoms with Crippen LogP contribution in [0.4, 0.5) is 5.69 Å². The summed E-state index contributed by atoms with van der Waals surface area (Å²) in [5.41, 5.74) is 3.00. The summed E-state index contributed by atoms with van der Waals surface area (Å²) < 4.78 is 0. The second kappa shape index (κ2) is 6.08. The molecule has 0 saturated carbocycles. The number of carbonyl (C=O) groups excluding carboxylic acids is 1. The lowest BCUT2D eigenvalue weighted by atomic mass is 10.0. The minimum atomic E-state index is -0.206. The second-order valence-electron chi connectivity index (χ2n) is 3.61. The third-order valence-corrected chi connectivity index (χ3v) is 2.49. The van der Waals surface area contributed by atoms with Crippen LogP contribution >= 0.6 is 0 Å². The zero-order chi connectivity index (χ0) is 12.0. The van der Waals surface area contributed by atoms with Gasteiger partial charge in [0.15, 0.2) is 0 Å². The first kappa shape index (κ1) is 12.5. The third-order valence-electron chi connectivity index (χ3n) is 2.49. The lowest BCUT2D eigenvalue weighted by molar-refractivity contribution is -0.111. The standard InChI is InChI=1S/C13H17NO2/c1-3-13(16)14-12-8-4-6-11(10(12)2)7-5-9-15/h3-4,6,8,15H,1,5,7,9H2,2H3,(H,14,16). The van der Waals surface area contributed by atoms with Gasteiger partial charge in [-0.05, 0) is 43.0 Å². The van der Waals surface area contributed by atoms with Crippen molar-refractivity contribution in [2.75, 3.05) is 11.9 Å². The van der Waals surface area contributed by atoms with Crippen molar-refractivity contribution in [2.24, 2.45) is 0 Å². The third kappa shape index (κ3) is 3.21. The summed E-state index contributed by atoms with van der Waals surface area (Å²) in [6, 6.07) is 5.77. The number of rotatable bonds is 5. The number of aliphatic hydroxyl groups is 1. The van der Waals surface area contributed by atoms with Crippen molar-refractivity contribution in [2.45, 2.75) is 19.8 Å². The largest absolute Gasteiger partial charge is 0.396 e. The van der Waals surface area contributed by atoms with E-state index in [0.29, 0.717) is 0 Å². The molecule has 1 amide bonds. The first-order valence-corrected chi connectivity index (χ1v) is 5.31. The zero-order valence-electron chi connectivity index (χ0n) is 9.49. The Labute approximate surface area is 95.8 Å². The van der Waals surface area contributed by atoms with Gasteiger partial charge < -0.3 is 10.4 Å². The summed E-state index contributed by atoms with van der Waals surface area (Å²) in [6.07, 6.45) is 2.81. The van der Waals surface area contributed by atoms with Gasteiger partial charge in [0.05, 0.1) is 0 Å². The molecule has 86 valence electrons. The number of hydrogen-bond donors (Lipinski definition) is 2. The molecular weight excluding hydrogens is 202 g/mol. The van der Waals surface area contributed by atoms with Crippen LogP contribution in [-0.4, -0.2) is 17.6 Å². The fourth-order valence-corrected chi connectivity index (χ4v) is 1.54. The molecule has 0 aliphatic carbocycles. The highest BCUT2D eigenvalue weighted by atomic mass is 16.2. The van der Waals surface area contributed by atoms with E-state index in [9.17, 15) is 4.79 Å². The Bertz CT molecular complexity index is 386. The van der Waals surface area contributed by atoms with Crippen molar-refractivity contribution in [3.05, 3.63) is 42.0 Å². The molecule has 0 spiro atoms. The van der Waals surface area contributed by atoms with Crippen molar-refractivity contribution in [1.29, 1.82) is 0 Å². The second-order valence-corrected chi connectivity index (χ2v) is 3.61. The van der Waals surface area contributed by atoms with Gasteiger partial charge in [-0.3, -0.25) is 4.79 Å². The van der Waals surface area contributed by atoms with Crippen LogP contribution in [0.5, 0.6) is 0 Å². The Hall–Kier alpha value is -1.61. The minimum Gasteiger partial charge on any atom is -0.396 e. The van der Waals surface area contributed by atoms with E-state index in [1.165, 1.54) is 6.08 Å². The van der Waals surface area contributed by atoms with E-state index in [4.69, 9.17) is 5.11 Å². The van der Waals surface area contributed by atoms with Crippen molar-refractivity contribution < 1.29 is 9.90 Å². The first-order chi connectivity index (χ1) is 7.69. The van der Waals surface area contributed by atoms with E-state index in [-0.39, 0.29) is 12.5 Å². The molecule has 16 heavy (non-hydrogen) atoms. The Morgan fingerprint density at radius 3 is 2.94 bits per heavy atom. The molecule has 0 aliphatic rings. The Kier molecular flexibility index (Phi) is 4.73. The number of amides is 1. The van der Waals surface area contributed by atoms with Crippen molar-refractivity contribution in [3.63, 3.8) is 0 Å². The Balaban J connectivity index is 2.85. The molecule has 0 unspecified atom stereocenters. The number of hydrogen-bond acceptors (Lipinski definition) is 2. The van der Waals surface area contributed by atoms with Crippen LogP contribution in [0.3, 0.4) is 0 Å². The molecule has 0 fully saturated rings. The molecule has 3 heteroatoms. The monoisotopic (exact) mass is 219 g/mol. The van der Waals surface area contributed by atoms with Crippen LogP contribution < -0.4 is 5.32 Å². The molecule has 3 nitrogen and oxygen atoms in total. The van der Waals surface area contributed by atoms with E-state index in [2.05, 4.69) is 11.9 Å². The fraction of sp³-hybridized carbons (Fsp3) is 0.308. The number of anilines is 1. The average molecular weight is 219 g/mol. The molecule has 0 bridgehead atoms. The van der Waals surface area contributed by atoms with Crippen molar-refractivity contribution in [3.8, 4) is 0 Å². The molecular formula is C13H17NO2. The highest BCUT2D eigenvalue weighted by Crippen LogP contribution is 2.20. The van der Waals surface area contributed by atoms with Gasteiger partial charge in [-0.2, -0.15) is 0 Å². The average Bonchev–Trinajstić information content (AvgIpc) is 2.30. The molecule has 1 aromatic carbocycles. The first-order valence-electron chi connectivity index (χ1n) is 5.31. The van der Waals surface area contributed by atoms with Crippen LogP contribution in [0.2, 0.25) is 0 Å². The van der Waals surface area contributed by atoms with E-state index >= 15 is 0 Å². The number of aryl methyl sites for hydroxylation is 1. The molecule has 1 rings (SSSR count). The van der Waals surface area contributed by atoms with Gasteiger partial charge >= 0.3 is 0 Å². The molecule has 0 atom stereocenters. The van der Waals surface area contributed by atoms with Crippen LogP contribution in [-0.2, 0) is 11.2 Å². The maximum atomic E-state index is 11.2. The quantitative estimate of drug-likeness (QED) is 0.744. The summed E-state index contributed by atoms with van der Waals surface area (Å²) in [5.74, 6) is -0.206. The molecule has 1 aromatic rings. The van der Waals surface area contributed by atoms with Gasteiger partial charge in [-0.1, -0.05) is 18.7 Å². The van der Waals surface area contributed by atoms with Crippen LogP contribution in [0.25, 0.3) is 0 Å². The number of carbonyl (C=O) groups is 1. The topological polar surface area (TPSA) is 49.3 Å². The van der Waals surface area contributed by atoms with Crippen LogP contribution in [0, 0.1) is 6.92 Å². The highest BCUT2D eigenvalue weighted by Gasteiger charge is 2.05. The Morgan fingerprint density at radius 1 is 1.56 bits per heavy atom. The number of nitrogens with one attached hydrogen (secondary N) is 1. The lowest BCUT2D eigenvalue weighted by Gasteiger charge is -2.11. The summed E-state index contributed by atoms with van der Waals surface area (Å²) >= 11 is 0. The van der Waals surface area contributed by atoms with Crippen LogP contribution in [0.1, 0.15) is 17.5 Å². The number of aliphatic hydroxyl groups excluding tert-OH is 1. The maximum absolute atomic E-state index is 11.2. The van der Waals surface area contributed by atoms with E-state index in [1.807, 2.05) is 25.1 Å². The molecule has 0 aromatic heterocycles. The van der Waals surface area contributed by atoms with Gasteiger partial charge in [-0.25, -0.2) is 0 Å². The van der Waals surface area contributed by atoms with Gasteiger partial charge in [0, 0.05) is 12.3 Å². The predicted molar refractivity (Wildman–Crippen MR) is 65.4 cm³/mol. The van der Waals surface area contributed by atoms with Gasteiger partial charge in [-0.15, -0.1) is 0 Å². The van der Waals surface area contributed by atoms with Crippen LogP contribution in [0.15, 0.2) is 30.9 Å². The van der Waals surface area contributed by atoms with E-state index in [0.717, 1.165) is 29.7 Å². The predicted octanol–water partition coefficient (Wildman–Crippen LogP) is 2.04. The lowest BCUT2D eigenvalue weighted by Crippen LogP contribution is -2.09. The summed E-state index contributed by atoms with van der Waals surface area (Å²) in [5, 5.41) is 11.5. The smallest absolute Gasteiger partial charge is 0.247 e. The highest BCUT2D eigenvalue weighted by molar-refractivity contribution is 5.99. The van der Waals surface area contributed by atoms with E-state index in [1.54, 1.807) is 0 Å². The summed E-state index contributed by atoms with van der Waals surface area (Å²) in [7, 11) is 0. The molecule has 0 aliphatic heterocycles. The van der Waals surface area contributed by atoms with Crippen molar-refractivity contribution >= 4 is 11.6 Å². The Morgan fingerprint density at radius 2 is 2.31 bits per heavy atom. The SMILES string of the molecule is C=CC(=O)Nc1cccc(CCCO)c1C. The van der Waals surface area contributed by atoms with Gasteiger partial charge in [0.25, 0.3) is 0 Å². The minimum absolute atomic E-state index is 0.183. The summed E-state index contributed by atoms with van der Waals surface area (Å²) in [4.78, 5) is 11.2. The molecule has 0 saturated heterocycles. The molecule has 2 N–H and O–H groups in total. The van der Waals surface area contributed by atoms with E-state index < -0.39 is 0 Å². The number of benzene rings is 1. The van der Waals surface area contributed by atoms with Gasteiger partial charge in [0.1, 0.15) is 0 Å². The summed E-state index contributed by atoms with van der Waals surface area (Å²) in [6.45, 7) is 5.56. The normalized spacial score (nSPS) is 9.88. The van der Waals surface area contributed by atoms with Crippen molar-refractivity contribution in [1.82, 2.24) is 0 Å². The maximum Gasteiger partial charge on any atom is 0.247 e.